The minimum absolute atomic E-state index is 0.0184. The van der Waals surface area contributed by atoms with Gasteiger partial charge in [-0.15, -0.1) is 0 Å². The summed E-state index contributed by atoms with van der Waals surface area (Å²) >= 11 is 0. The molecule has 168 valence electrons. The van der Waals surface area contributed by atoms with E-state index >= 15 is 0 Å². The third-order valence-electron chi connectivity index (χ3n) is 5.07. The van der Waals surface area contributed by atoms with Crippen molar-refractivity contribution in [2.24, 2.45) is 10.1 Å². The largest absolute Gasteiger partial charge is 0.506 e. The molecule has 0 radical (unpaired) electrons. The van der Waals surface area contributed by atoms with Crippen molar-refractivity contribution in [1.82, 2.24) is 10.2 Å². The molecule has 1 aromatic carbocycles. The molecule has 0 saturated heterocycles. The highest BCUT2D eigenvalue weighted by molar-refractivity contribution is 5.88. The van der Waals surface area contributed by atoms with Crippen LogP contribution in [-0.2, 0) is 9.59 Å². The topological polar surface area (TPSA) is 118 Å². The molecule has 0 spiro atoms. The second kappa shape index (κ2) is 10.7. The predicted molar refractivity (Wildman–Crippen MR) is 121 cm³/mol. The highest BCUT2D eigenvalue weighted by atomic mass is 16.3. The van der Waals surface area contributed by atoms with Gasteiger partial charge in [-0.1, -0.05) is 6.07 Å². The molecule has 9 nitrogen and oxygen atoms in total. The first-order chi connectivity index (χ1) is 14.7. The van der Waals surface area contributed by atoms with E-state index in [0.717, 1.165) is 11.3 Å². The summed E-state index contributed by atoms with van der Waals surface area (Å²) in [5, 5.41) is 28.8. The zero-order chi connectivity index (χ0) is 23.1. The van der Waals surface area contributed by atoms with Crippen LogP contribution in [0, 0.1) is 0 Å². The van der Waals surface area contributed by atoms with Crippen LogP contribution < -0.4 is 10.3 Å². The van der Waals surface area contributed by atoms with Gasteiger partial charge in [-0.3, -0.25) is 19.6 Å². The van der Waals surface area contributed by atoms with E-state index in [2.05, 4.69) is 15.4 Å². The van der Waals surface area contributed by atoms with Gasteiger partial charge in [0, 0.05) is 26.0 Å². The number of hydrogen-bond donors (Lipinski definition) is 3. The molecule has 0 bridgehead atoms. The molecular weight excluding hydrogens is 398 g/mol. The fourth-order valence-electron chi connectivity index (χ4n) is 3.33. The lowest BCUT2D eigenvalue weighted by molar-refractivity contribution is -0.139. The number of carbonyl (C=O) groups is 2. The molecular formula is C22H31N5O4. The number of aromatic hydroxyl groups is 1. The van der Waals surface area contributed by atoms with Gasteiger partial charge in [0.1, 0.15) is 17.5 Å². The molecule has 2 rings (SSSR count). The Kier molecular flexibility index (Phi) is 8.32. The number of aliphatic imine (C=N–C) groups is 1. The van der Waals surface area contributed by atoms with Crippen molar-refractivity contribution in [2.45, 2.75) is 46.3 Å². The summed E-state index contributed by atoms with van der Waals surface area (Å²) in [7, 11) is 1.71. The van der Waals surface area contributed by atoms with Gasteiger partial charge in [-0.2, -0.15) is 5.10 Å². The molecule has 0 aliphatic carbocycles. The van der Waals surface area contributed by atoms with Crippen molar-refractivity contribution in [2.75, 3.05) is 25.1 Å². The van der Waals surface area contributed by atoms with Crippen molar-refractivity contribution in [3.05, 3.63) is 35.0 Å². The smallest absolute Gasteiger partial charge is 0.249 e. The van der Waals surface area contributed by atoms with Crippen LogP contribution in [0.25, 0.3) is 0 Å². The maximum Gasteiger partial charge on any atom is 0.249 e. The molecule has 2 unspecified atom stereocenters. The van der Waals surface area contributed by atoms with Gasteiger partial charge in [-0.25, -0.2) is 0 Å². The maximum absolute atomic E-state index is 12.5. The Morgan fingerprint density at radius 3 is 2.61 bits per heavy atom. The molecule has 0 saturated carbocycles. The van der Waals surface area contributed by atoms with Crippen LogP contribution in [0.5, 0.6) is 5.75 Å². The molecule has 0 aromatic heterocycles. The minimum atomic E-state index is -1.47. The molecule has 1 aliphatic heterocycles. The molecule has 1 aliphatic rings. The van der Waals surface area contributed by atoms with E-state index in [0.29, 0.717) is 24.3 Å². The van der Waals surface area contributed by atoms with E-state index in [9.17, 15) is 19.8 Å². The van der Waals surface area contributed by atoms with Gasteiger partial charge in [-0.05, 0) is 51.0 Å². The van der Waals surface area contributed by atoms with E-state index in [4.69, 9.17) is 0 Å². The maximum atomic E-state index is 12.5. The highest BCUT2D eigenvalue weighted by Crippen LogP contribution is 2.30. The first-order valence-electron chi connectivity index (χ1n) is 10.2. The number of amides is 2. The van der Waals surface area contributed by atoms with Gasteiger partial charge < -0.3 is 20.4 Å². The monoisotopic (exact) mass is 429 g/mol. The number of hydrazone groups is 1. The Labute approximate surface area is 182 Å². The Balaban J connectivity index is 1.94. The quantitative estimate of drug-likeness (QED) is 0.431. The predicted octanol–water partition coefficient (Wildman–Crippen LogP) is 1.97. The summed E-state index contributed by atoms with van der Waals surface area (Å²) < 4.78 is 0. The second-order valence-electron chi connectivity index (χ2n) is 7.46. The Morgan fingerprint density at radius 2 is 2.00 bits per heavy atom. The van der Waals surface area contributed by atoms with Gasteiger partial charge in [0.25, 0.3) is 0 Å². The lowest BCUT2D eigenvalue weighted by atomic mass is 10.1. The minimum Gasteiger partial charge on any atom is -0.506 e. The number of nitrogens with zero attached hydrogens (tertiary/aromatic N) is 4. The molecule has 3 N–H and O–H groups in total. The van der Waals surface area contributed by atoms with Gasteiger partial charge in [0.2, 0.25) is 11.8 Å². The number of hydrogen-bond acceptors (Lipinski definition) is 7. The van der Waals surface area contributed by atoms with Crippen LogP contribution in [0.15, 0.2) is 39.6 Å². The molecule has 1 aromatic rings. The average Bonchev–Trinajstić information content (AvgIpc) is 3.08. The number of rotatable bonds is 8. The van der Waals surface area contributed by atoms with Crippen LogP contribution in [0.3, 0.4) is 0 Å². The van der Waals surface area contributed by atoms with Gasteiger partial charge in [0.05, 0.1) is 24.7 Å². The Morgan fingerprint density at radius 1 is 1.29 bits per heavy atom. The second-order valence-corrected chi connectivity index (χ2v) is 7.46. The number of anilines is 1. The van der Waals surface area contributed by atoms with Crippen molar-refractivity contribution in [3.63, 3.8) is 0 Å². The third-order valence-corrected chi connectivity index (χ3v) is 5.07. The Bertz CT molecular complexity index is 909. The molecule has 1 heterocycles. The average molecular weight is 430 g/mol. The van der Waals surface area contributed by atoms with Crippen molar-refractivity contribution in [1.29, 1.82) is 0 Å². The summed E-state index contributed by atoms with van der Waals surface area (Å²) in [5.74, 6) is -0.935. The van der Waals surface area contributed by atoms with Crippen molar-refractivity contribution in [3.8, 4) is 5.75 Å². The van der Waals surface area contributed by atoms with Crippen LogP contribution in [0.1, 0.15) is 45.7 Å². The third kappa shape index (κ3) is 6.14. The molecule has 0 fully saturated rings. The number of carbonyl (C=O) groups excluding carboxylic acids is 2. The summed E-state index contributed by atoms with van der Waals surface area (Å²) in [6, 6.07) is 4.51. The first-order valence-corrected chi connectivity index (χ1v) is 10.2. The molecule has 2 atom stereocenters. The number of aliphatic hydroxyl groups excluding tert-OH is 1. The first kappa shape index (κ1) is 24.1. The number of nitrogens with one attached hydrogen (secondary N) is 1. The molecule has 2 amide bonds. The van der Waals surface area contributed by atoms with E-state index in [1.54, 1.807) is 50.4 Å². The van der Waals surface area contributed by atoms with Crippen molar-refractivity contribution >= 4 is 29.9 Å². The van der Waals surface area contributed by atoms with Crippen LogP contribution >= 0.6 is 0 Å². The van der Waals surface area contributed by atoms with Crippen LogP contribution in [-0.4, -0.2) is 65.6 Å². The summed E-state index contributed by atoms with van der Waals surface area (Å²) in [4.78, 5) is 30.7. The SMILES string of the molecule is CC=NC1=C(C)CN(C(=O)CC(O)C(=O)NC(C)c2ccc(N(C)/N=C\C)c(O)c2)C1. The number of phenols is 1. The molecule has 31 heavy (non-hydrogen) atoms. The zero-order valence-electron chi connectivity index (χ0n) is 18.7. The normalized spacial score (nSPS) is 16.3. The van der Waals surface area contributed by atoms with E-state index in [-0.39, 0.29) is 18.1 Å². The van der Waals surface area contributed by atoms with Gasteiger partial charge in [0.15, 0.2) is 0 Å². The Hall–Kier alpha value is -3.20. The summed E-state index contributed by atoms with van der Waals surface area (Å²) in [6.07, 6.45) is 1.51. The van der Waals surface area contributed by atoms with E-state index < -0.39 is 18.1 Å². The fraction of sp³-hybridized carbons (Fsp3) is 0.455. The number of aliphatic hydroxyl groups is 1. The highest BCUT2D eigenvalue weighted by Gasteiger charge is 2.28. The van der Waals surface area contributed by atoms with Crippen LogP contribution in [0.4, 0.5) is 5.69 Å². The van der Waals surface area contributed by atoms with Crippen LogP contribution in [0.2, 0.25) is 0 Å². The number of phenolic OH excluding ortho intramolecular Hbond substituents is 1. The summed E-state index contributed by atoms with van der Waals surface area (Å²) in [5.41, 5.74) is 3.01. The lowest BCUT2D eigenvalue weighted by Gasteiger charge is -2.21. The zero-order valence-corrected chi connectivity index (χ0v) is 18.7. The standard InChI is InChI=1S/C22H31N5O4/c1-6-23-17-13-27(12-14(17)3)21(30)11-20(29)22(31)25-15(4)16-8-9-18(19(28)10-16)26(5)24-7-2/h6-10,15,20,28-29H,11-13H2,1-5H3,(H,25,31)/b23-6?,24-7-. The van der Waals surface area contributed by atoms with Gasteiger partial charge >= 0.3 is 0 Å². The van der Waals surface area contributed by atoms with Crippen molar-refractivity contribution < 1.29 is 19.8 Å². The summed E-state index contributed by atoms with van der Waals surface area (Å²) in [6.45, 7) is 8.05. The van der Waals surface area contributed by atoms with E-state index in [1.807, 2.05) is 13.8 Å². The molecule has 9 heteroatoms. The number of benzene rings is 1. The fourth-order valence-corrected chi connectivity index (χ4v) is 3.33. The lowest BCUT2D eigenvalue weighted by Crippen LogP contribution is -2.40. The van der Waals surface area contributed by atoms with E-state index in [1.165, 1.54) is 11.1 Å².